The first-order valence-corrected chi connectivity index (χ1v) is 32.5. The molecule has 3 atom stereocenters. The normalized spacial score (nSPS) is 15.9. The van der Waals surface area contributed by atoms with Gasteiger partial charge in [0, 0.05) is 57.4 Å². The number of ether oxygens (including phenoxy) is 5. The van der Waals surface area contributed by atoms with Crippen LogP contribution in [0, 0.1) is 5.92 Å². The van der Waals surface area contributed by atoms with Crippen molar-refractivity contribution in [3.63, 3.8) is 0 Å². The van der Waals surface area contributed by atoms with Crippen LogP contribution in [0.2, 0.25) is 18.1 Å². The second-order valence-electron chi connectivity index (χ2n) is 23.4. The van der Waals surface area contributed by atoms with Crippen molar-refractivity contribution in [3.8, 4) is 28.6 Å². The van der Waals surface area contributed by atoms with Crippen molar-refractivity contribution in [2.24, 2.45) is 5.92 Å². The van der Waals surface area contributed by atoms with Gasteiger partial charge in [0.05, 0.1) is 39.5 Å². The molecule has 25 heteroatoms. The number of piperidine rings is 1. The molecule has 4 aromatic carbocycles. The van der Waals surface area contributed by atoms with Crippen LogP contribution in [-0.4, -0.2) is 139 Å². The number of halogens is 1. The SMILES string of the molecule is COc1ccc(CN(Cc2ccc(OC)cc2)S(=O)(=O)c2c(S(=O)(=O)NC[C@@H](CNC(=O)OC(C)(C)C)O[Si](C)(C)C(C)(C)C)ccc(N3CC[C@@H](CNC(=O)OC(C)(C)C)[C@H](F)C3)c2-c2nnn(Cc3ccc(OC)cc3)n2)cc1. The maximum Gasteiger partial charge on any atom is 0.407 e. The highest BCUT2D eigenvalue weighted by atomic mass is 32.2. The standard InChI is InChI=1S/C56H80FN9O12S2Si/c1-54(2,3)76-52(67)58-31-41-29-30-64(37-46(41)57)47-27-28-48(79(69,70)60-33-45(78-81(13,14)56(7,8)9)32-59-53(68)77-55(4,5)6)50(49(47)51-61-63-66(62-51)36-40-19-25-44(75-12)26-20-40)80(71,72)65(34-38-15-21-42(73-10)22-16-38)35-39-17-23-43(74-11)24-18-39/h15-28,41,45-46,60H,29-37H2,1-14H3,(H,58,67)(H,59,68)/t41-,45+,46+/m0/s1. The molecule has 1 saturated heterocycles. The Morgan fingerprint density at radius 1 is 0.728 bits per heavy atom. The Balaban J connectivity index is 1.57. The van der Waals surface area contributed by atoms with Crippen LogP contribution in [0.3, 0.4) is 0 Å². The minimum Gasteiger partial charge on any atom is -0.497 e. The monoisotopic (exact) mass is 1180 g/mol. The Kier molecular flexibility index (Phi) is 20.7. The van der Waals surface area contributed by atoms with E-state index in [9.17, 15) is 9.59 Å². The van der Waals surface area contributed by atoms with Crippen LogP contribution in [-0.2, 0) is 53.6 Å². The molecule has 1 aliphatic heterocycles. The molecule has 5 aromatic rings. The molecule has 0 aliphatic carbocycles. The fraction of sp³-hybridized carbons (Fsp3) is 0.518. The van der Waals surface area contributed by atoms with E-state index in [0.29, 0.717) is 28.4 Å². The van der Waals surface area contributed by atoms with Gasteiger partial charge in [0.15, 0.2) is 8.32 Å². The number of nitrogens with zero attached hydrogens (tertiary/aromatic N) is 6. The van der Waals surface area contributed by atoms with Crippen molar-refractivity contribution in [2.45, 2.75) is 140 Å². The number of tetrazole rings is 1. The lowest BCUT2D eigenvalue weighted by Crippen LogP contribution is -2.51. The lowest BCUT2D eigenvalue weighted by molar-refractivity contribution is 0.0490. The van der Waals surface area contributed by atoms with Gasteiger partial charge in [-0.25, -0.2) is 35.5 Å². The second-order valence-corrected chi connectivity index (χ2v) is 31.7. The van der Waals surface area contributed by atoms with Crippen molar-refractivity contribution >= 4 is 46.2 Å². The number of sulfonamides is 2. The van der Waals surface area contributed by atoms with E-state index in [0.717, 1.165) is 9.87 Å². The molecular formula is C56H80FN9O12S2Si. The Bertz CT molecular complexity index is 3100. The van der Waals surface area contributed by atoms with Gasteiger partial charge in [-0.2, -0.15) is 9.10 Å². The van der Waals surface area contributed by atoms with Gasteiger partial charge in [-0.15, -0.1) is 10.2 Å². The zero-order valence-electron chi connectivity index (χ0n) is 49.0. The van der Waals surface area contributed by atoms with E-state index in [1.807, 2.05) is 33.9 Å². The van der Waals surface area contributed by atoms with E-state index >= 15 is 21.2 Å². The Hall–Kier alpha value is -6.38. The number of carbonyl (C=O) groups is 2. The molecule has 0 bridgehead atoms. The number of alkyl carbamates (subject to hydrolysis) is 2. The lowest BCUT2D eigenvalue weighted by Gasteiger charge is -2.39. The number of methoxy groups -OCH3 is 3. The molecule has 21 nitrogen and oxygen atoms in total. The minimum absolute atomic E-state index is 0.0421. The van der Waals surface area contributed by atoms with Crippen molar-refractivity contribution in [2.75, 3.05) is 59.0 Å². The number of aromatic nitrogens is 4. The summed E-state index contributed by atoms with van der Waals surface area (Å²) in [7, 11) is -8.14. The Morgan fingerprint density at radius 2 is 1.23 bits per heavy atom. The van der Waals surface area contributed by atoms with Gasteiger partial charge in [-0.1, -0.05) is 57.2 Å². The molecule has 1 aliphatic rings. The van der Waals surface area contributed by atoms with Crippen LogP contribution in [0.1, 0.15) is 85.4 Å². The number of amides is 2. The number of benzene rings is 4. The van der Waals surface area contributed by atoms with Gasteiger partial charge >= 0.3 is 12.2 Å². The number of hydrogen-bond acceptors (Lipinski definition) is 16. The maximum atomic E-state index is 16.7. The van der Waals surface area contributed by atoms with Gasteiger partial charge in [-0.3, -0.25) is 0 Å². The summed E-state index contributed by atoms with van der Waals surface area (Å²) in [5.41, 5.74) is 0.0199. The number of alkyl halides is 1. The van der Waals surface area contributed by atoms with E-state index in [1.54, 1.807) is 126 Å². The molecule has 444 valence electrons. The van der Waals surface area contributed by atoms with Crippen LogP contribution in [0.5, 0.6) is 17.2 Å². The quantitative estimate of drug-likeness (QED) is 0.0518. The van der Waals surface area contributed by atoms with Crippen LogP contribution in [0.15, 0.2) is 94.7 Å². The Morgan fingerprint density at radius 3 is 1.72 bits per heavy atom. The first-order valence-electron chi connectivity index (χ1n) is 26.7. The van der Waals surface area contributed by atoms with E-state index in [1.165, 1.54) is 31.1 Å². The summed E-state index contributed by atoms with van der Waals surface area (Å²) in [6.07, 6.45) is -3.80. The first kappa shape index (κ1) is 63.8. The van der Waals surface area contributed by atoms with Gasteiger partial charge in [0.2, 0.25) is 25.9 Å². The average molecular weight is 1180 g/mol. The molecule has 6 rings (SSSR count). The summed E-state index contributed by atoms with van der Waals surface area (Å²) in [6, 6.07) is 23.3. The molecule has 1 fully saturated rings. The van der Waals surface area contributed by atoms with Gasteiger partial charge in [-0.05, 0) is 137 Å². The highest BCUT2D eigenvalue weighted by Crippen LogP contribution is 2.43. The predicted molar refractivity (Wildman–Crippen MR) is 309 cm³/mol. The summed E-state index contributed by atoms with van der Waals surface area (Å²) in [6.45, 7) is 19.0. The average Bonchev–Trinajstić information content (AvgIpc) is 4.10. The summed E-state index contributed by atoms with van der Waals surface area (Å²) >= 11 is 0. The van der Waals surface area contributed by atoms with Crippen LogP contribution >= 0.6 is 0 Å². The molecule has 2 amide bonds. The third kappa shape index (κ3) is 17.6. The Labute approximate surface area is 477 Å². The largest absolute Gasteiger partial charge is 0.497 e. The second kappa shape index (κ2) is 26.2. The van der Waals surface area contributed by atoms with Crippen LogP contribution in [0.4, 0.5) is 19.7 Å². The number of nitrogens with one attached hydrogen (secondary N) is 3. The molecule has 2 heterocycles. The number of hydrogen-bond donors (Lipinski definition) is 3. The van der Waals surface area contributed by atoms with Gasteiger partial charge in [0.1, 0.15) is 44.4 Å². The van der Waals surface area contributed by atoms with Crippen molar-refractivity contribution in [3.05, 3.63) is 102 Å². The summed E-state index contributed by atoms with van der Waals surface area (Å²) in [5, 5.41) is 18.6. The molecule has 81 heavy (non-hydrogen) atoms. The lowest BCUT2D eigenvalue weighted by atomic mass is 9.94. The van der Waals surface area contributed by atoms with Crippen molar-refractivity contribution in [1.82, 2.24) is 39.9 Å². The third-order valence-corrected chi connectivity index (χ3v) is 21.8. The van der Waals surface area contributed by atoms with E-state index in [2.05, 4.69) is 25.7 Å². The van der Waals surface area contributed by atoms with Gasteiger partial charge < -0.3 is 43.6 Å². The number of carbonyl (C=O) groups excluding carboxylic acids is 2. The summed E-state index contributed by atoms with van der Waals surface area (Å²) in [4.78, 5) is 27.2. The molecule has 0 radical (unpaired) electrons. The van der Waals surface area contributed by atoms with Crippen LogP contribution in [0.25, 0.3) is 11.4 Å². The first-order chi connectivity index (χ1) is 37.8. The van der Waals surface area contributed by atoms with E-state index in [4.69, 9.17) is 33.2 Å². The molecule has 0 unspecified atom stereocenters. The predicted octanol–water partition coefficient (Wildman–Crippen LogP) is 8.69. The maximum absolute atomic E-state index is 16.7. The summed E-state index contributed by atoms with van der Waals surface area (Å²) in [5.74, 6) is 0.721. The zero-order valence-corrected chi connectivity index (χ0v) is 51.6. The van der Waals surface area contributed by atoms with Gasteiger partial charge in [0.25, 0.3) is 0 Å². The van der Waals surface area contributed by atoms with E-state index < -0.39 is 86.3 Å². The molecule has 0 spiro atoms. The molecule has 1 aromatic heterocycles. The number of rotatable bonds is 23. The smallest absolute Gasteiger partial charge is 0.407 e. The fourth-order valence-electron chi connectivity index (χ4n) is 8.50. The third-order valence-electron chi connectivity index (χ3n) is 13.7. The molecule has 3 N–H and O–H groups in total. The van der Waals surface area contributed by atoms with E-state index in [-0.39, 0.29) is 74.3 Å². The topological polar surface area (TPSA) is 244 Å². The highest BCUT2D eigenvalue weighted by molar-refractivity contribution is 7.92. The zero-order chi connectivity index (χ0) is 59.7. The van der Waals surface area contributed by atoms with Crippen molar-refractivity contribution < 1.29 is 58.9 Å². The highest BCUT2D eigenvalue weighted by Gasteiger charge is 2.42. The van der Waals surface area contributed by atoms with Crippen LogP contribution < -0.4 is 34.5 Å². The molecule has 0 saturated carbocycles. The number of anilines is 1. The molecular weight excluding hydrogens is 1100 g/mol. The summed E-state index contributed by atoms with van der Waals surface area (Å²) < 4.78 is 118. The minimum atomic E-state index is -5.08. The fourth-order valence-corrected chi connectivity index (χ4v) is 13.3. The van der Waals surface area contributed by atoms with Crippen molar-refractivity contribution in [1.29, 1.82) is 0 Å².